The van der Waals surface area contributed by atoms with Crippen LogP contribution in [-0.2, 0) is 20.9 Å². The van der Waals surface area contributed by atoms with E-state index in [4.69, 9.17) is 0 Å². The lowest BCUT2D eigenvalue weighted by Crippen LogP contribution is -2.39. The van der Waals surface area contributed by atoms with E-state index in [2.05, 4.69) is 10.4 Å². The third-order valence-electron chi connectivity index (χ3n) is 3.51. The van der Waals surface area contributed by atoms with Crippen molar-refractivity contribution in [2.24, 2.45) is 0 Å². The van der Waals surface area contributed by atoms with Crippen molar-refractivity contribution in [3.05, 3.63) is 30.0 Å². The summed E-state index contributed by atoms with van der Waals surface area (Å²) in [6.45, 7) is 0.184. The van der Waals surface area contributed by atoms with Gasteiger partial charge in [0.05, 0.1) is 18.0 Å². The van der Waals surface area contributed by atoms with Crippen molar-refractivity contribution >= 4 is 29.0 Å². The van der Waals surface area contributed by atoms with E-state index in [1.807, 2.05) is 18.2 Å². The number of aldehydes is 1. The quantitative estimate of drug-likeness (QED) is 0.660. The molecule has 2 amide bonds. The number of amides is 2. The molecule has 1 fully saturated rings. The summed E-state index contributed by atoms with van der Waals surface area (Å²) >= 11 is 0. The lowest BCUT2D eigenvalue weighted by atomic mass is 9.89. The predicted octanol–water partition coefficient (Wildman–Crippen LogP) is 0.755. The zero-order chi connectivity index (χ0) is 14.1. The van der Waals surface area contributed by atoms with Gasteiger partial charge in [-0.3, -0.25) is 19.6 Å². The smallest absolute Gasteiger partial charge is 0.234 e. The van der Waals surface area contributed by atoms with Crippen molar-refractivity contribution < 1.29 is 14.4 Å². The highest BCUT2D eigenvalue weighted by molar-refractivity contribution is 6.02. The molecular weight excluding hydrogens is 258 g/mol. The van der Waals surface area contributed by atoms with Crippen molar-refractivity contribution in [3.63, 3.8) is 0 Å². The number of fused-ring (bicyclic) bond motifs is 1. The molecule has 1 N–H and O–H groups in total. The van der Waals surface area contributed by atoms with Crippen LogP contribution in [0.25, 0.3) is 10.9 Å². The molecule has 1 aliphatic heterocycles. The molecule has 3 rings (SSSR count). The molecule has 2 heterocycles. The number of nitrogens with one attached hydrogen (secondary N) is 1. The van der Waals surface area contributed by atoms with Crippen LogP contribution in [0, 0.1) is 0 Å². The summed E-state index contributed by atoms with van der Waals surface area (Å²) in [4.78, 5) is 33.7. The first-order valence-electron chi connectivity index (χ1n) is 6.42. The molecule has 6 nitrogen and oxygen atoms in total. The fraction of sp³-hybridized carbons (Fsp3) is 0.286. The second-order valence-electron chi connectivity index (χ2n) is 4.80. The SMILES string of the molecule is O=CCn1cc2c(C3CCC(=O)NC3=O)cccc2n1. The summed E-state index contributed by atoms with van der Waals surface area (Å²) in [5, 5.41) is 7.50. The Morgan fingerprint density at radius 2 is 2.25 bits per heavy atom. The van der Waals surface area contributed by atoms with Gasteiger partial charge in [-0.15, -0.1) is 0 Å². The summed E-state index contributed by atoms with van der Waals surface area (Å²) in [6.07, 6.45) is 3.39. The summed E-state index contributed by atoms with van der Waals surface area (Å²) < 4.78 is 1.55. The molecule has 1 aliphatic rings. The first-order chi connectivity index (χ1) is 9.69. The first-order valence-corrected chi connectivity index (χ1v) is 6.42. The molecular formula is C14H13N3O3. The van der Waals surface area contributed by atoms with Crippen LogP contribution >= 0.6 is 0 Å². The Bertz CT molecular complexity index is 705. The number of hydrogen-bond donors (Lipinski definition) is 1. The molecule has 1 aromatic heterocycles. The minimum atomic E-state index is -0.342. The fourth-order valence-electron chi connectivity index (χ4n) is 2.58. The summed E-state index contributed by atoms with van der Waals surface area (Å²) in [5.41, 5.74) is 1.60. The first kappa shape index (κ1) is 12.5. The number of benzene rings is 1. The maximum absolute atomic E-state index is 12.0. The number of aromatic nitrogens is 2. The molecule has 0 bridgehead atoms. The van der Waals surface area contributed by atoms with E-state index in [1.165, 1.54) is 0 Å². The van der Waals surface area contributed by atoms with Gasteiger partial charge < -0.3 is 4.79 Å². The summed E-state index contributed by atoms with van der Waals surface area (Å²) in [5.74, 6) is -0.836. The highest BCUT2D eigenvalue weighted by Gasteiger charge is 2.29. The van der Waals surface area contributed by atoms with Gasteiger partial charge in [-0.25, -0.2) is 0 Å². The van der Waals surface area contributed by atoms with Crippen molar-refractivity contribution in [1.82, 2.24) is 15.1 Å². The van der Waals surface area contributed by atoms with E-state index < -0.39 is 0 Å². The number of piperidine rings is 1. The number of carbonyl (C=O) groups is 3. The number of carbonyl (C=O) groups excluding carboxylic acids is 3. The third-order valence-corrected chi connectivity index (χ3v) is 3.51. The van der Waals surface area contributed by atoms with Crippen LogP contribution in [0.2, 0.25) is 0 Å². The van der Waals surface area contributed by atoms with E-state index in [0.717, 1.165) is 22.8 Å². The van der Waals surface area contributed by atoms with E-state index in [0.29, 0.717) is 12.8 Å². The third kappa shape index (κ3) is 2.09. The monoisotopic (exact) mass is 271 g/mol. The lowest BCUT2D eigenvalue weighted by Gasteiger charge is -2.21. The van der Waals surface area contributed by atoms with Crippen molar-refractivity contribution in [2.45, 2.75) is 25.3 Å². The van der Waals surface area contributed by atoms with Crippen LogP contribution in [0.15, 0.2) is 24.4 Å². The minimum absolute atomic E-state index is 0.184. The normalized spacial score (nSPS) is 19.1. The predicted molar refractivity (Wildman–Crippen MR) is 70.9 cm³/mol. The van der Waals surface area contributed by atoms with Crippen LogP contribution in [0.3, 0.4) is 0 Å². The van der Waals surface area contributed by atoms with E-state index in [-0.39, 0.29) is 24.3 Å². The number of nitrogens with zero attached hydrogens (tertiary/aromatic N) is 2. The average molecular weight is 271 g/mol. The molecule has 0 saturated carbocycles. The van der Waals surface area contributed by atoms with Gasteiger partial charge >= 0.3 is 0 Å². The molecule has 1 aromatic carbocycles. The van der Waals surface area contributed by atoms with Gasteiger partial charge in [0.25, 0.3) is 0 Å². The zero-order valence-electron chi connectivity index (χ0n) is 10.7. The van der Waals surface area contributed by atoms with Gasteiger partial charge in [0.2, 0.25) is 11.8 Å². The largest absolute Gasteiger partial charge is 0.301 e. The molecule has 1 saturated heterocycles. The van der Waals surface area contributed by atoms with Gasteiger partial charge in [-0.2, -0.15) is 5.10 Å². The van der Waals surface area contributed by atoms with Gasteiger partial charge in [0, 0.05) is 18.0 Å². The topological polar surface area (TPSA) is 81.1 Å². The molecule has 1 unspecified atom stereocenters. The minimum Gasteiger partial charge on any atom is -0.301 e. The molecule has 20 heavy (non-hydrogen) atoms. The standard InChI is InChI=1S/C14H13N3O3/c18-7-6-17-8-11-9(2-1-3-12(11)16-17)10-4-5-13(19)15-14(10)20/h1-3,7-8,10H,4-6H2,(H,15,19,20). The Hall–Kier alpha value is -2.50. The van der Waals surface area contributed by atoms with Crippen molar-refractivity contribution in [2.75, 3.05) is 0 Å². The van der Waals surface area contributed by atoms with Crippen LogP contribution in [0.5, 0.6) is 0 Å². The number of rotatable bonds is 3. The molecule has 1 atom stereocenters. The van der Waals surface area contributed by atoms with E-state index in [1.54, 1.807) is 10.9 Å². The van der Waals surface area contributed by atoms with Crippen LogP contribution in [0.1, 0.15) is 24.3 Å². The van der Waals surface area contributed by atoms with Crippen LogP contribution < -0.4 is 5.32 Å². The highest BCUT2D eigenvalue weighted by atomic mass is 16.2. The van der Waals surface area contributed by atoms with E-state index in [9.17, 15) is 14.4 Å². The number of imide groups is 1. The Labute approximate surface area is 114 Å². The second kappa shape index (κ2) is 4.88. The van der Waals surface area contributed by atoms with Gasteiger partial charge in [0.15, 0.2) is 0 Å². The molecule has 102 valence electrons. The average Bonchev–Trinajstić information content (AvgIpc) is 2.82. The Kier molecular flexibility index (Phi) is 3.06. The zero-order valence-corrected chi connectivity index (χ0v) is 10.7. The highest BCUT2D eigenvalue weighted by Crippen LogP contribution is 2.30. The molecule has 0 aliphatic carbocycles. The fourth-order valence-corrected chi connectivity index (χ4v) is 2.58. The Morgan fingerprint density at radius 1 is 1.40 bits per heavy atom. The summed E-state index contributed by atoms with van der Waals surface area (Å²) in [6, 6.07) is 5.54. The number of hydrogen-bond acceptors (Lipinski definition) is 4. The lowest BCUT2D eigenvalue weighted by molar-refractivity contribution is -0.134. The van der Waals surface area contributed by atoms with E-state index >= 15 is 0 Å². The Morgan fingerprint density at radius 3 is 3.00 bits per heavy atom. The van der Waals surface area contributed by atoms with Gasteiger partial charge in [0.1, 0.15) is 6.29 Å². The Balaban J connectivity index is 2.04. The molecule has 6 heteroatoms. The van der Waals surface area contributed by atoms with Gasteiger partial charge in [-0.05, 0) is 18.1 Å². The summed E-state index contributed by atoms with van der Waals surface area (Å²) in [7, 11) is 0. The maximum atomic E-state index is 12.0. The van der Waals surface area contributed by atoms with Gasteiger partial charge in [-0.1, -0.05) is 12.1 Å². The molecule has 0 spiro atoms. The van der Waals surface area contributed by atoms with Crippen molar-refractivity contribution in [1.29, 1.82) is 0 Å². The molecule has 0 radical (unpaired) electrons. The van der Waals surface area contributed by atoms with Crippen LogP contribution in [-0.4, -0.2) is 27.9 Å². The van der Waals surface area contributed by atoms with Crippen molar-refractivity contribution in [3.8, 4) is 0 Å². The maximum Gasteiger partial charge on any atom is 0.234 e. The molecule has 2 aromatic rings. The van der Waals surface area contributed by atoms with Crippen LogP contribution in [0.4, 0.5) is 0 Å². The second-order valence-corrected chi connectivity index (χ2v) is 4.80.